The molecule has 0 saturated carbocycles. The molecule has 2 N–H and O–H groups in total. The van der Waals surface area contributed by atoms with E-state index in [-0.39, 0.29) is 0 Å². The summed E-state index contributed by atoms with van der Waals surface area (Å²) in [5.41, 5.74) is 8.56. The molecule has 2 rings (SSSR count). The van der Waals surface area contributed by atoms with Gasteiger partial charge in [-0.05, 0) is 33.3 Å². The van der Waals surface area contributed by atoms with E-state index >= 15 is 0 Å². The number of nitrogens with zero attached hydrogens (tertiary/aromatic N) is 3. The standard InChI is InChI=1S/C13H20N4/c1-9(2)15-10(3)7-11(14)12-8-17-6-4-5-13(17)16-12/h7-9H,4-6,14H2,1-3H3. The van der Waals surface area contributed by atoms with Crippen molar-refractivity contribution in [1.29, 1.82) is 0 Å². The summed E-state index contributed by atoms with van der Waals surface area (Å²) in [7, 11) is 0. The fourth-order valence-electron chi connectivity index (χ4n) is 2.14. The molecule has 0 fully saturated rings. The lowest BCUT2D eigenvalue weighted by atomic mass is 10.2. The SMILES string of the molecule is CC(C=C(N)c1cn2c(n1)CCC2)=NC(C)C. The van der Waals surface area contributed by atoms with Crippen molar-refractivity contribution in [2.24, 2.45) is 10.7 Å². The topological polar surface area (TPSA) is 56.2 Å². The highest BCUT2D eigenvalue weighted by Crippen LogP contribution is 2.17. The Morgan fingerprint density at radius 1 is 1.59 bits per heavy atom. The van der Waals surface area contributed by atoms with Gasteiger partial charge in [-0.25, -0.2) is 4.98 Å². The Bertz CT molecular complexity index is 444. The zero-order valence-electron chi connectivity index (χ0n) is 10.8. The van der Waals surface area contributed by atoms with Gasteiger partial charge >= 0.3 is 0 Å². The van der Waals surface area contributed by atoms with Crippen LogP contribution in [0.1, 0.15) is 38.7 Å². The predicted octanol–water partition coefficient (Wildman–Crippen LogP) is 2.00. The van der Waals surface area contributed by atoms with E-state index in [4.69, 9.17) is 5.73 Å². The van der Waals surface area contributed by atoms with Gasteiger partial charge in [0, 0.05) is 30.9 Å². The van der Waals surface area contributed by atoms with Crippen molar-refractivity contribution in [3.05, 3.63) is 23.8 Å². The Labute approximate surface area is 102 Å². The average molecular weight is 232 g/mol. The van der Waals surface area contributed by atoms with Gasteiger partial charge in [0.2, 0.25) is 0 Å². The molecule has 0 amide bonds. The van der Waals surface area contributed by atoms with E-state index in [2.05, 4.69) is 28.4 Å². The van der Waals surface area contributed by atoms with Gasteiger partial charge in [0.15, 0.2) is 0 Å². The van der Waals surface area contributed by atoms with Crippen molar-refractivity contribution >= 4 is 11.4 Å². The molecule has 2 heterocycles. The van der Waals surface area contributed by atoms with Crippen LogP contribution in [0.4, 0.5) is 0 Å². The third-order valence-electron chi connectivity index (χ3n) is 2.78. The van der Waals surface area contributed by atoms with Crippen LogP contribution in [-0.2, 0) is 13.0 Å². The number of fused-ring (bicyclic) bond motifs is 1. The predicted molar refractivity (Wildman–Crippen MR) is 71.0 cm³/mol. The molecule has 4 nitrogen and oxygen atoms in total. The molecule has 0 radical (unpaired) electrons. The van der Waals surface area contributed by atoms with Crippen molar-refractivity contribution in [2.75, 3.05) is 0 Å². The minimum atomic E-state index is 0.297. The first kappa shape index (κ1) is 11.9. The first-order valence-corrected chi connectivity index (χ1v) is 6.14. The van der Waals surface area contributed by atoms with Crippen LogP contribution in [0, 0.1) is 0 Å². The second kappa shape index (κ2) is 4.73. The van der Waals surface area contributed by atoms with Gasteiger partial charge in [0.05, 0.1) is 5.70 Å². The molecule has 4 heteroatoms. The van der Waals surface area contributed by atoms with Crippen LogP contribution < -0.4 is 5.73 Å². The van der Waals surface area contributed by atoms with Crippen molar-refractivity contribution in [3.63, 3.8) is 0 Å². The molecule has 0 aromatic carbocycles. The normalized spacial score (nSPS) is 16.7. The Morgan fingerprint density at radius 3 is 3.00 bits per heavy atom. The van der Waals surface area contributed by atoms with Crippen molar-refractivity contribution in [2.45, 2.75) is 46.2 Å². The summed E-state index contributed by atoms with van der Waals surface area (Å²) in [6, 6.07) is 0.297. The van der Waals surface area contributed by atoms with Crippen molar-refractivity contribution < 1.29 is 0 Å². The summed E-state index contributed by atoms with van der Waals surface area (Å²) in [6.45, 7) is 7.14. The summed E-state index contributed by atoms with van der Waals surface area (Å²) in [5, 5.41) is 0. The number of rotatable bonds is 3. The first-order chi connectivity index (χ1) is 8.06. The van der Waals surface area contributed by atoms with E-state index in [0.29, 0.717) is 11.7 Å². The highest BCUT2D eigenvalue weighted by Gasteiger charge is 2.14. The molecule has 0 spiro atoms. The van der Waals surface area contributed by atoms with E-state index in [1.807, 2.05) is 19.2 Å². The van der Waals surface area contributed by atoms with Gasteiger partial charge < -0.3 is 10.3 Å². The highest BCUT2D eigenvalue weighted by molar-refractivity contribution is 5.98. The monoisotopic (exact) mass is 232 g/mol. The van der Waals surface area contributed by atoms with Crippen LogP contribution in [0.15, 0.2) is 17.3 Å². The van der Waals surface area contributed by atoms with Crippen molar-refractivity contribution in [1.82, 2.24) is 9.55 Å². The lowest BCUT2D eigenvalue weighted by molar-refractivity contribution is 0.749. The van der Waals surface area contributed by atoms with Crippen LogP contribution >= 0.6 is 0 Å². The summed E-state index contributed by atoms with van der Waals surface area (Å²) in [4.78, 5) is 8.97. The molecule has 0 aliphatic carbocycles. The highest BCUT2D eigenvalue weighted by atomic mass is 15.1. The molecular formula is C13H20N4. The molecule has 1 aromatic rings. The summed E-state index contributed by atoms with van der Waals surface area (Å²) in [5.74, 6) is 1.15. The van der Waals surface area contributed by atoms with Crippen LogP contribution in [-0.4, -0.2) is 21.3 Å². The zero-order chi connectivity index (χ0) is 12.4. The van der Waals surface area contributed by atoms with Crippen LogP contribution in [0.3, 0.4) is 0 Å². The quantitative estimate of drug-likeness (QED) is 0.810. The van der Waals surface area contributed by atoms with Crippen LogP contribution in [0.2, 0.25) is 0 Å². The maximum atomic E-state index is 6.04. The zero-order valence-corrected chi connectivity index (χ0v) is 10.8. The third kappa shape index (κ3) is 2.75. The van der Waals surface area contributed by atoms with Crippen LogP contribution in [0.5, 0.6) is 0 Å². The number of allylic oxidation sites excluding steroid dienone is 1. The van der Waals surface area contributed by atoms with E-state index < -0.39 is 0 Å². The Balaban J connectivity index is 2.19. The molecular weight excluding hydrogens is 212 g/mol. The van der Waals surface area contributed by atoms with Gasteiger partial charge in [-0.1, -0.05) is 0 Å². The number of aryl methyl sites for hydroxylation is 2. The number of aliphatic imine (C=N–C) groups is 1. The molecule has 17 heavy (non-hydrogen) atoms. The summed E-state index contributed by atoms with van der Waals surface area (Å²) >= 11 is 0. The van der Waals surface area contributed by atoms with E-state index in [9.17, 15) is 0 Å². The number of nitrogens with two attached hydrogens (primary N) is 1. The van der Waals surface area contributed by atoms with Gasteiger partial charge in [0.1, 0.15) is 11.5 Å². The fourth-order valence-corrected chi connectivity index (χ4v) is 2.14. The summed E-state index contributed by atoms with van der Waals surface area (Å²) < 4.78 is 2.19. The molecule has 1 aliphatic rings. The number of hydrogen-bond acceptors (Lipinski definition) is 3. The first-order valence-electron chi connectivity index (χ1n) is 6.14. The van der Waals surface area contributed by atoms with E-state index in [1.165, 1.54) is 6.42 Å². The average Bonchev–Trinajstić information content (AvgIpc) is 2.73. The minimum absolute atomic E-state index is 0.297. The Hall–Kier alpha value is -1.58. The smallest absolute Gasteiger partial charge is 0.109 e. The van der Waals surface area contributed by atoms with Gasteiger partial charge in [-0.15, -0.1) is 0 Å². The lowest BCUT2D eigenvalue weighted by Gasteiger charge is -2.00. The van der Waals surface area contributed by atoms with Gasteiger partial charge in [0.25, 0.3) is 0 Å². The third-order valence-corrected chi connectivity index (χ3v) is 2.78. The minimum Gasteiger partial charge on any atom is -0.397 e. The Kier molecular flexibility index (Phi) is 3.31. The maximum Gasteiger partial charge on any atom is 0.109 e. The summed E-state index contributed by atoms with van der Waals surface area (Å²) in [6.07, 6.45) is 6.20. The molecule has 92 valence electrons. The molecule has 0 unspecified atom stereocenters. The fraction of sp³-hybridized carbons (Fsp3) is 0.538. The van der Waals surface area contributed by atoms with E-state index in [1.54, 1.807) is 0 Å². The Morgan fingerprint density at radius 2 is 2.35 bits per heavy atom. The molecule has 0 saturated heterocycles. The van der Waals surface area contributed by atoms with Crippen LogP contribution in [0.25, 0.3) is 5.70 Å². The second-order valence-electron chi connectivity index (χ2n) is 4.80. The molecule has 0 bridgehead atoms. The second-order valence-corrected chi connectivity index (χ2v) is 4.80. The van der Waals surface area contributed by atoms with Crippen molar-refractivity contribution in [3.8, 4) is 0 Å². The van der Waals surface area contributed by atoms with Gasteiger partial charge in [-0.3, -0.25) is 4.99 Å². The van der Waals surface area contributed by atoms with E-state index in [0.717, 1.165) is 30.2 Å². The molecule has 1 aromatic heterocycles. The number of aromatic nitrogens is 2. The van der Waals surface area contributed by atoms with Gasteiger partial charge in [-0.2, -0.15) is 0 Å². The number of imidazole rings is 1. The molecule has 0 atom stereocenters. The lowest BCUT2D eigenvalue weighted by Crippen LogP contribution is -2.02. The number of hydrogen-bond donors (Lipinski definition) is 1. The molecule has 1 aliphatic heterocycles. The maximum absolute atomic E-state index is 6.04. The largest absolute Gasteiger partial charge is 0.397 e.